The van der Waals surface area contributed by atoms with Crippen LogP contribution >= 0.6 is 11.8 Å². The van der Waals surface area contributed by atoms with Crippen molar-refractivity contribution in [2.75, 3.05) is 31.6 Å². The maximum atomic E-state index is 12.7. The molecule has 0 spiro atoms. The molecule has 35 heavy (non-hydrogen) atoms. The SMILES string of the molecule is Cc1ccc(NC(=O)COc2ccc(/C=C3/SC(=O)N(CC(=O)N4CCCCC4)C3=O)cc2)cc1. The number of likely N-dealkylation sites (tertiary alicyclic amines) is 1. The van der Waals surface area contributed by atoms with Gasteiger partial charge in [0, 0.05) is 18.8 Å². The highest BCUT2D eigenvalue weighted by molar-refractivity contribution is 8.18. The molecular formula is C26H27N3O5S. The molecule has 2 aliphatic heterocycles. The number of amides is 4. The second-order valence-electron chi connectivity index (χ2n) is 8.48. The molecule has 9 heteroatoms. The summed E-state index contributed by atoms with van der Waals surface area (Å²) in [6.45, 7) is 2.96. The van der Waals surface area contributed by atoms with E-state index in [0.717, 1.165) is 41.5 Å². The quantitative estimate of drug-likeness (QED) is 0.585. The van der Waals surface area contributed by atoms with Gasteiger partial charge in [-0.3, -0.25) is 24.1 Å². The van der Waals surface area contributed by atoms with Gasteiger partial charge in [0.1, 0.15) is 12.3 Å². The summed E-state index contributed by atoms with van der Waals surface area (Å²) in [6.07, 6.45) is 4.61. The van der Waals surface area contributed by atoms with Crippen molar-refractivity contribution in [3.63, 3.8) is 0 Å². The number of ether oxygens (including phenoxy) is 1. The number of nitrogens with one attached hydrogen (secondary N) is 1. The van der Waals surface area contributed by atoms with Crippen LogP contribution in [0.2, 0.25) is 0 Å². The Balaban J connectivity index is 1.30. The van der Waals surface area contributed by atoms with Gasteiger partial charge in [-0.25, -0.2) is 0 Å². The first-order chi connectivity index (χ1) is 16.9. The summed E-state index contributed by atoms with van der Waals surface area (Å²) in [5, 5.41) is 2.33. The molecule has 0 atom stereocenters. The Bertz CT molecular complexity index is 1140. The molecule has 8 nitrogen and oxygen atoms in total. The maximum Gasteiger partial charge on any atom is 0.294 e. The van der Waals surface area contributed by atoms with Crippen LogP contribution in [0.4, 0.5) is 10.5 Å². The van der Waals surface area contributed by atoms with Gasteiger partial charge < -0.3 is 15.0 Å². The Morgan fingerprint density at radius 1 is 1.00 bits per heavy atom. The van der Waals surface area contributed by atoms with Gasteiger partial charge in [0.25, 0.3) is 17.1 Å². The maximum absolute atomic E-state index is 12.7. The fourth-order valence-corrected chi connectivity index (χ4v) is 4.65. The van der Waals surface area contributed by atoms with E-state index in [2.05, 4.69) is 5.32 Å². The normalized spacial score (nSPS) is 17.1. The summed E-state index contributed by atoms with van der Waals surface area (Å²) in [4.78, 5) is 52.7. The van der Waals surface area contributed by atoms with Gasteiger partial charge >= 0.3 is 0 Å². The lowest BCUT2D eigenvalue weighted by Gasteiger charge is -2.27. The Morgan fingerprint density at radius 3 is 2.37 bits per heavy atom. The van der Waals surface area contributed by atoms with E-state index in [0.29, 0.717) is 30.1 Å². The number of hydrogen-bond acceptors (Lipinski definition) is 6. The van der Waals surface area contributed by atoms with Crippen molar-refractivity contribution < 1.29 is 23.9 Å². The third-order valence-electron chi connectivity index (χ3n) is 5.76. The van der Waals surface area contributed by atoms with Crippen molar-refractivity contribution in [2.24, 2.45) is 0 Å². The van der Waals surface area contributed by atoms with Crippen LogP contribution < -0.4 is 10.1 Å². The molecule has 0 saturated carbocycles. The molecule has 0 aliphatic carbocycles. The van der Waals surface area contributed by atoms with E-state index in [-0.39, 0.29) is 29.9 Å². The molecule has 2 aromatic rings. The van der Waals surface area contributed by atoms with Crippen LogP contribution in [-0.2, 0) is 14.4 Å². The summed E-state index contributed by atoms with van der Waals surface area (Å²) in [7, 11) is 0. The van der Waals surface area contributed by atoms with Crippen LogP contribution in [0, 0.1) is 6.92 Å². The van der Waals surface area contributed by atoms with Crippen molar-refractivity contribution in [1.29, 1.82) is 0 Å². The van der Waals surface area contributed by atoms with E-state index in [1.54, 1.807) is 35.2 Å². The number of hydrogen-bond donors (Lipinski definition) is 1. The van der Waals surface area contributed by atoms with Gasteiger partial charge in [-0.2, -0.15) is 0 Å². The van der Waals surface area contributed by atoms with Crippen LogP contribution in [0.15, 0.2) is 53.4 Å². The highest BCUT2D eigenvalue weighted by atomic mass is 32.2. The van der Waals surface area contributed by atoms with Crippen molar-refractivity contribution in [3.8, 4) is 5.75 Å². The van der Waals surface area contributed by atoms with E-state index in [9.17, 15) is 19.2 Å². The minimum absolute atomic E-state index is 0.142. The molecule has 0 bridgehead atoms. The highest BCUT2D eigenvalue weighted by Crippen LogP contribution is 2.32. The predicted octanol–water partition coefficient (Wildman–Crippen LogP) is 4.06. The molecule has 4 rings (SSSR count). The molecule has 4 amide bonds. The average molecular weight is 494 g/mol. The molecule has 0 unspecified atom stereocenters. The number of rotatable bonds is 7. The first-order valence-corrected chi connectivity index (χ1v) is 12.3. The summed E-state index contributed by atoms with van der Waals surface area (Å²) >= 11 is 0.829. The minimum atomic E-state index is -0.460. The molecule has 2 heterocycles. The van der Waals surface area contributed by atoms with E-state index in [1.807, 2.05) is 31.2 Å². The topological polar surface area (TPSA) is 96.0 Å². The number of imide groups is 1. The summed E-state index contributed by atoms with van der Waals surface area (Å²) in [5.41, 5.74) is 2.51. The Hall–Kier alpha value is -3.59. The molecule has 2 saturated heterocycles. The molecule has 1 N–H and O–H groups in total. The zero-order chi connectivity index (χ0) is 24.8. The first-order valence-electron chi connectivity index (χ1n) is 11.5. The van der Waals surface area contributed by atoms with Crippen LogP contribution in [0.5, 0.6) is 5.75 Å². The number of piperidine rings is 1. The van der Waals surface area contributed by atoms with Gasteiger partial charge in [-0.15, -0.1) is 0 Å². The van der Waals surface area contributed by atoms with Crippen molar-refractivity contribution in [3.05, 3.63) is 64.6 Å². The average Bonchev–Trinajstić information content (AvgIpc) is 3.12. The Kier molecular flexibility index (Phi) is 7.87. The van der Waals surface area contributed by atoms with E-state index < -0.39 is 11.1 Å². The Morgan fingerprint density at radius 2 is 1.69 bits per heavy atom. The fraction of sp³-hybridized carbons (Fsp3) is 0.308. The minimum Gasteiger partial charge on any atom is -0.484 e. The molecular weight excluding hydrogens is 466 g/mol. The van der Waals surface area contributed by atoms with Gasteiger partial charge in [0.15, 0.2) is 6.61 Å². The second-order valence-corrected chi connectivity index (χ2v) is 9.47. The zero-order valence-electron chi connectivity index (χ0n) is 19.5. The fourth-order valence-electron chi connectivity index (χ4n) is 3.81. The molecule has 2 aromatic carbocycles. The number of anilines is 1. The van der Waals surface area contributed by atoms with Gasteiger partial charge in [-0.1, -0.05) is 29.8 Å². The van der Waals surface area contributed by atoms with E-state index in [1.165, 1.54) is 0 Å². The third-order valence-corrected chi connectivity index (χ3v) is 6.67. The number of carbonyl (C=O) groups excluding carboxylic acids is 4. The molecule has 182 valence electrons. The first kappa shape index (κ1) is 24.5. The highest BCUT2D eigenvalue weighted by Gasteiger charge is 2.37. The van der Waals surface area contributed by atoms with Crippen LogP contribution in [0.25, 0.3) is 6.08 Å². The lowest BCUT2D eigenvalue weighted by molar-refractivity contribution is -0.136. The third kappa shape index (κ3) is 6.51. The van der Waals surface area contributed by atoms with Gasteiger partial charge in [-0.05, 0) is 73.9 Å². The number of thioether (sulfide) groups is 1. The van der Waals surface area contributed by atoms with Crippen LogP contribution in [-0.4, -0.2) is 59.0 Å². The summed E-state index contributed by atoms with van der Waals surface area (Å²) in [5.74, 6) is -0.424. The standard InChI is InChI=1S/C26H27N3O5S/c1-18-5-9-20(10-6-18)27-23(30)17-34-21-11-7-19(8-12-21)15-22-25(32)29(26(33)35-22)16-24(31)28-13-3-2-4-14-28/h5-12,15H,2-4,13-14,16-17H2,1H3,(H,27,30)/b22-15+. The smallest absolute Gasteiger partial charge is 0.294 e. The van der Waals surface area contributed by atoms with Crippen LogP contribution in [0.1, 0.15) is 30.4 Å². The molecule has 0 radical (unpaired) electrons. The van der Waals surface area contributed by atoms with E-state index in [4.69, 9.17) is 4.74 Å². The zero-order valence-corrected chi connectivity index (χ0v) is 20.3. The van der Waals surface area contributed by atoms with Crippen molar-refractivity contribution in [1.82, 2.24) is 9.80 Å². The van der Waals surface area contributed by atoms with Gasteiger partial charge in [0.2, 0.25) is 5.91 Å². The summed E-state index contributed by atoms with van der Waals surface area (Å²) < 4.78 is 5.54. The van der Waals surface area contributed by atoms with Gasteiger partial charge in [0.05, 0.1) is 4.91 Å². The largest absolute Gasteiger partial charge is 0.484 e. The number of aryl methyl sites for hydroxylation is 1. The lowest BCUT2D eigenvalue weighted by atomic mass is 10.1. The monoisotopic (exact) mass is 493 g/mol. The predicted molar refractivity (Wildman–Crippen MR) is 135 cm³/mol. The van der Waals surface area contributed by atoms with Crippen molar-refractivity contribution >= 4 is 46.5 Å². The number of benzene rings is 2. The molecule has 0 aromatic heterocycles. The molecule has 2 aliphatic rings. The number of carbonyl (C=O) groups is 4. The second kappa shape index (κ2) is 11.2. The van der Waals surface area contributed by atoms with Crippen LogP contribution in [0.3, 0.4) is 0 Å². The lowest BCUT2D eigenvalue weighted by Crippen LogP contribution is -2.44. The molecule has 2 fully saturated rings. The summed E-state index contributed by atoms with van der Waals surface area (Å²) in [6, 6.07) is 14.3. The Labute approximate surface area is 208 Å². The van der Waals surface area contributed by atoms with E-state index >= 15 is 0 Å². The number of nitrogens with zero attached hydrogens (tertiary/aromatic N) is 2. The van der Waals surface area contributed by atoms with Crippen molar-refractivity contribution in [2.45, 2.75) is 26.2 Å².